The van der Waals surface area contributed by atoms with E-state index in [9.17, 15) is 14.7 Å². The van der Waals surface area contributed by atoms with Crippen LogP contribution in [0.1, 0.15) is 43.2 Å². The largest absolute Gasteiger partial charge is 0.480 e. The monoisotopic (exact) mass is 327 g/mol. The third-order valence-electron chi connectivity index (χ3n) is 6.38. The van der Waals surface area contributed by atoms with Gasteiger partial charge in [0.15, 0.2) is 0 Å². The van der Waals surface area contributed by atoms with Gasteiger partial charge in [-0.3, -0.25) is 4.79 Å². The lowest BCUT2D eigenvalue weighted by molar-refractivity contribution is -0.150. The van der Waals surface area contributed by atoms with Crippen molar-refractivity contribution in [3.63, 3.8) is 0 Å². The summed E-state index contributed by atoms with van der Waals surface area (Å²) in [5.74, 6) is 0.177. The molecular weight excluding hydrogens is 302 g/mol. The number of hydrogen-bond acceptors (Lipinski definition) is 2. The second-order valence-corrected chi connectivity index (χ2v) is 7.77. The lowest BCUT2D eigenvalue weighted by atomic mass is 9.82. The molecule has 3 aliphatic rings. The average Bonchev–Trinajstić information content (AvgIpc) is 3.15. The van der Waals surface area contributed by atoms with Crippen LogP contribution >= 0.6 is 0 Å². The molecule has 0 spiro atoms. The van der Waals surface area contributed by atoms with Crippen molar-refractivity contribution in [2.24, 2.45) is 17.8 Å². The normalized spacial score (nSPS) is 31.6. The molecule has 1 heterocycles. The minimum Gasteiger partial charge on any atom is -0.480 e. The topological polar surface area (TPSA) is 57.6 Å². The summed E-state index contributed by atoms with van der Waals surface area (Å²) in [6.45, 7) is 0.657. The SMILES string of the molecule is O=C(O)C1C2CCCC2CN1C(=O)CC1CCc2ccccc2C1. The molecule has 2 aliphatic carbocycles. The summed E-state index contributed by atoms with van der Waals surface area (Å²) in [6, 6.07) is 7.89. The van der Waals surface area contributed by atoms with Crippen LogP contribution in [0.2, 0.25) is 0 Å². The molecule has 4 heteroatoms. The zero-order chi connectivity index (χ0) is 16.7. The number of nitrogens with zero attached hydrogens (tertiary/aromatic N) is 1. The summed E-state index contributed by atoms with van der Waals surface area (Å²) in [5, 5.41) is 9.62. The van der Waals surface area contributed by atoms with E-state index >= 15 is 0 Å². The molecule has 4 unspecified atom stereocenters. The van der Waals surface area contributed by atoms with Crippen molar-refractivity contribution in [1.82, 2.24) is 4.90 Å². The van der Waals surface area contributed by atoms with Gasteiger partial charge in [-0.1, -0.05) is 30.7 Å². The Morgan fingerprint density at radius 3 is 2.71 bits per heavy atom. The van der Waals surface area contributed by atoms with Crippen molar-refractivity contribution in [1.29, 1.82) is 0 Å². The van der Waals surface area contributed by atoms with Crippen LogP contribution in [0.15, 0.2) is 24.3 Å². The molecule has 24 heavy (non-hydrogen) atoms. The maximum atomic E-state index is 12.8. The molecule has 1 saturated heterocycles. The second-order valence-electron chi connectivity index (χ2n) is 7.77. The van der Waals surface area contributed by atoms with Crippen molar-refractivity contribution in [3.05, 3.63) is 35.4 Å². The third-order valence-corrected chi connectivity index (χ3v) is 6.38. The van der Waals surface area contributed by atoms with Gasteiger partial charge in [-0.15, -0.1) is 0 Å². The summed E-state index contributed by atoms with van der Waals surface area (Å²) in [4.78, 5) is 26.2. The van der Waals surface area contributed by atoms with E-state index in [4.69, 9.17) is 0 Å². The van der Waals surface area contributed by atoms with Crippen LogP contribution in [0, 0.1) is 17.8 Å². The Labute approximate surface area is 142 Å². The number of carbonyl (C=O) groups is 2. The average molecular weight is 327 g/mol. The molecule has 1 amide bonds. The molecule has 1 aromatic carbocycles. The van der Waals surface area contributed by atoms with Gasteiger partial charge in [0, 0.05) is 13.0 Å². The first-order valence-corrected chi connectivity index (χ1v) is 9.22. The van der Waals surface area contributed by atoms with E-state index in [1.807, 2.05) is 0 Å². The van der Waals surface area contributed by atoms with E-state index in [0.717, 1.165) is 38.5 Å². The Morgan fingerprint density at radius 1 is 1.12 bits per heavy atom. The molecule has 4 rings (SSSR count). The van der Waals surface area contributed by atoms with E-state index in [1.165, 1.54) is 11.1 Å². The Kier molecular flexibility index (Phi) is 4.07. The molecule has 4 atom stereocenters. The number of carboxylic acid groups (broad SMARTS) is 1. The Bertz CT molecular complexity index is 656. The lowest BCUT2D eigenvalue weighted by Gasteiger charge is -2.29. The Balaban J connectivity index is 1.44. The van der Waals surface area contributed by atoms with Crippen LogP contribution in [0.4, 0.5) is 0 Å². The second kappa shape index (κ2) is 6.23. The van der Waals surface area contributed by atoms with E-state index in [-0.39, 0.29) is 11.8 Å². The summed E-state index contributed by atoms with van der Waals surface area (Å²) in [6.07, 6.45) is 6.65. The highest BCUT2D eigenvalue weighted by Gasteiger charge is 2.49. The fourth-order valence-electron chi connectivity index (χ4n) is 5.19. The molecule has 1 saturated carbocycles. The standard InChI is InChI=1S/C20H25NO3/c22-18(11-13-8-9-14-4-1-2-5-15(14)10-13)21-12-16-6-3-7-17(16)19(21)20(23)24/h1-2,4-5,13,16-17,19H,3,6-12H2,(H,23,24). The number of benzene rings is 1. The molecule has 2 fully saturated rings. The van der Waals surface area contributed by atoms with Crippen LogP contribution in [-0.4, -0.2) is 34.5 Å². The predicted molar refractivity (Wildman–Crippen MR) is 90.5 cm³/mol. The maximum Gasteiger partial charge on any atom is 0.326 e. The molecule has 0 aromatic heterocycles. The van der Waals surface area contributed by atoms with Crippen molar-refractivity contribution >= 4 is 11.9 Å². The Hall–Kier alpha value is -1.84. The van der Waals surface area contributed by atoms with Gasteiger partial charge in [-0.25, -0.2) is 4.79 Å². The molecule has 1 N–H and O–H groups in total. The number of aliphatic carboxylic acids is 1. The van der Waals surface area contributed by atoms with E-state index in [2.05, 4.69) is 24.3 Å². The van der Waals surface area contributed by atoms with Gasteiger partial charge < -0.3 is 10.0 Å². The molecular formula is C20H25NO3. The lowest BCUT2D eigenvalue weighted by Crippen LogP contribution is -2.44. The number of fused-ring (bicyclic) bond motifs is 2. The molecule has 1 aliphatic heterocycles. The number of aryl methyl sites for hydroxylation is 1. The maximum absolute atomic E-state index is 12.8. The van der Waals surface area contributed by atoms with Gasteiger partial charge in [0.2, 0.25) is 5.91 Å². The molecule has 0 radical (unpaired) electrons. The van der Waals surface area contributed by atoms with E-state index in [1.54, 1.807) is 4.90 Å². The van der Waals surface area contributed by atoms with Crippen LogP contribution in [0.3, 0.4) is 0 Å². The van der Waals surface area contributed by atoms with E-state index < -0.39 is 12.0 Å². The van der Waals surface area contributed by atoms with Gasteiger partial charge in [0.25, 0.3) is 0 Å². The zero-order valence-corrected chi connectivity index (χ0v) is 14.0. The fraction of sp³-hybridized carbons (Fsp3) is 0.600. The van der Waals surface area contributed by atoms with Gasteiger partial charge in [-0.2, -0.15) is 0 Å². The summed E-state index contributed by atoms with van der Waals surface area (Å²) >= 11 is 0. The number of carboxylic acids is 1. The zero-order valence-electron chi connectivity index (χ0n) is 14.0. The fourth-order valence-corrected chi connectivity index (χ4v) is 5.19. The first-order valence-electron chi connectivity index (χ1n) is 9.22. The smallest absolute Gasteiger partial charge is 0.326 e. The van der Waals surface area contributed by atoms with Crippen molar-refractivity contribution < 1.29 is 14.7 Å². The van der Waals surface area contributed by atoms with Crippen molar-refractivity contribution in [3.8, 4) is 0 Å². The predicted octanol–water partition coefficient (Wildman–Crippen LogP) is 2.89. The van der Waals surface area contributed by atoms with Crippen LogP contribution in [0.25, 0.3) is 0 Å². The van der Waals surface area contributed by atoms with Gasteiger partial charge in [-0.05, 0) is 61.0 Å². The van der Waals surface area contributed by atoms with Crippen LogP contribution in [0.5, 0.6) is 0 Å². The van der Waals surface area contributed by atoms with Crippen molar-refractivity contribution in [2.45, 2.75) is 51.0 Å². The number of carbonyl (C=O) groups excluding carboxylic acids is 1. The van der Waals surface area contributed by atoms with Gasteiger partial charge in [0.05, 0.1) is 0 Å². The quantitative estimate of drug-likeness (QED) is 0.929. The highest BCUT2D eigenvalue weighted by Crippen LogP contribution is 2.43. The number of likely N-dealkylation sites (tertiary alicyclic amines) is 1. The third kappa shape index (κ3) is 2.72. The summed E-state index contributed by atoms with van der Waals surface area (Å²) in [7, 11) is 0. The minimum absolute atomic E-state index is 0.0566. The van der Waals surface area contributed by atoms with E-state index in [0.29, 0.717) is 24.8 Å². The van der Waals surface area contributed by atoms with Gasteiger partial charge >= 0.3 is 5.97 Å². The highest BCUT2D eigenvalue weighted by molar-refractivity contribution is 5.85. The van der Waals surface area contributed by atoms with Crippen molar-refractivity contribution in [2.75, 3.05) is 6.54 Å². The minimum atomic E-state index is -0.813. The summed E-state index contributed by atoms with van der Waals surface area (Å²) in [5.41, 5.74) is 2.76. The number of amides is 1. The van der Waals surface area contributed by atoms with Crippen LogP contribution in [-0.2, 0) is 22.4 Å². The molecule has 4 nitrogen and oxygen atoms in total. The van der Waals surface area contributed by atoms with Crippen LogP contribution < -0.4 is 0 Å². The number of rotatable bonds is 3. The van der Waals surface area contributed by atoms with Gasteiger partial charge in [0.1, 0.15) is 6.04 Å². The molecule has 0 bridgehead atoms. The molecule has 1 aromatic rings. The first kappa shape index (κ1) is 15.7. The summed E-state index contributed by atoms with van der Waals surface area (Å²) < 4.78 is 0. The molecule has 128 valence electrons. The highest BCUT2D eigenvalue weighted by atomic mass is 16.4. The number of hydrogen-bond donors (Lipinski definition) is 1. The Morgan fingerprint density at radius 2 is 1.92 bits per heavy atom. The first-order chi connectivity index (χ1) is 11.6.